The van der Waals surface area contributed by atoms with Crippen LogP contribution in [-0.4, -0.2) is 61.9 Å². The van der Waals surface area contributed by atoms with Gasteiger partial charge in [0.1, 0.15) is 11.3 Å². The fourth-order valence-electron chi connectivity index (χ4n) is 3.59. The number of esters is 2. The molecule has 0 bridgehead atoms. The molecule has 0 radical (unpaired) electrons. The summed E-state index contributed by atoms with van der Waals surface area (Å²) in [5.74, 6) is -5.98. The van der Waals surface area contributed by atoms with E-state index in [1.54, 1.807) is 12.1 Å². The number of hydrogen-bond donors (Lipinski definition) is 2. The van der Waals surface area contributed by atoms with Crippen LogP contribution in [0.15, 0.2) is 18.2 Å². The third-order valence-electron chi connectivity index (χ3n) is 5.42. The van der Waals surface area contributed by atoms with Crippen LogP contribution in [0.4, 0.5) is 8.78 Å². The van der Waals surface area contributed by atoms with Crippen molar-refractivity contribution in [3.8, 4) is 5.75 Å². The van der Waals surface area contributed by atoms with Crippen molar-refractivity contribution in [2.24, 2.45) is 5.92 Å². The van der Waals surface area contributed by atoms with Crippen LogP contribution in [0.5, 0.6) is 5.75 Å². The van der Waals surface area contributed by atoms with Crippen molar-refractivity contribution in [1.82, 2.24) is 5.32 Å². The van der Waals surface area contributed by atoms with Gasteiger partial charge in [-0.1, -0.05) is 12.1 Å². The number of alkyl halides is 2. The maximum Gasteiger partial charge on any atom is 0.547 e. The number of amides is 1. The molecule has 0 aliphatic carbocycles. The zero-order valence-corrected chi connectivity index (χ0v) is 18.2. The van der Waals surface area contributed by atoms with Gasteiger partial charge in [-0.2, -0.15) is 0 Å². The Morgan fingerprint density at radius 1 is 1.24 bits per heavy atom. The Morgan fingerprint density at radius 2 is 1.97 bits per heavy atom. The van der Waals surface area contributed by atoms with Gasteiger partial charge in [-0.15, -0.1) is 0 Å². The molecule has 1 fully saturated rings. The zero-order valence-electron chi connectivity index (χ0n) is 18.2. The van der Waals surface area contributed by atoms with Crippen LogP contribution in [0, 0.1) is 5.92 Å². The van der Waals surface area contributed by atoms with Crippen molar-refractivity contribution in [1.29, 1.82) is 0 Å². The van der Waals surface area contributed by atoms with Gasteiger partial charge in [-0.25, -0.2) is 13.6 Å². The summed E-state index contributed by atoms with van der Waals surface area (Å²) in [6.45, 7) is 1.10. The molecule has 1 amide bonds. The molecule has 180 valence electrons. The van der Waals surface area contributed by atoms with Gasteiger partial charge in [-0.3, -0.25) is 9.59 Å². The predicted molar refractivity (Wildman–Crippen MR) is 110 cm³/mol. The molecule has 1 aromatic carbocycles. The maximum atomic E-state index is 13.0. The molecule has 1 aromatic rings. The van der Waals surface area contributed by atoms with Gasteiger partial charge < -0.3 is 29.2 Å². The number of nitrogens with one attached hydrogen (secondary N) is 1. The van der Waals surface area contributed by atoms with E-state index in [4.69, 9.17) is 18.9 Å². The molecule has 12 heteroatoms. The average Bonchev–Trinajstić information content (AvgIpc) is 2.78. The molecule has 9 nitrogen and oxygen atoms in total. The average molecular weight is 469 g/mol. The molecule has 1 saturated heterocycles. The first-order chi connectivity index (χ1) is 15.6. The molecule has 0 unspecified atom stereocenters. The van der Waals surface area contributed by atoms with Crippen molar-refractivity contribution in [3.63, 3.8) is 0 Å². The summed E-state index contributed by atoms with van der Waals surface area (Å²) in [6.07, 6.45) is 0.184. The highest BCUT2D eigenvalue weighted by Crippen LogP contribution is 2.31. The van der Waals surface area contributed by atoms with Crippen LogP contribution in [0.1, 0.15) is 48.5 Å². The van der Waals surface area contributed by atoms with Crippen LogP contribution in [-0.2, 0) is 30.2 Å². The number of ether oxygens (including phenoxy) is 3. The Bertz CT molecular complexity index is 872. The summed E-state index contributed by atoms with van der Waals surface area (Å²) in [7, 11) is -1.50. The third kappa shape index (κ3) is 7.13. The molecule has 2 aliphatic heterocycles. The van der Waals surface area contributed by atoms with Gasteiger partial charge in [0.25, 0.3) is 0 Å². The summed E-state index contributed by atoms with van der Waals surface area (Å²) in [4.78, 5) is 36.4. The van der Waals surface area contributed by atoms with Crippen LogP contribution < -0.4 is 9.97 Å². The van der Waals surface area contributed by atoms with Gasteiger partial charge in [0.15, 0.2) is 0 Å². The normalized spacial score (nSPS) is 18.7. The van der Waals surface area contributed by atoms with Crippen LogP contribution in [0.2, 0.25) is 0 Å². The minimum Gasteiger partial charge on any atom is -0.534 e. The van der Waals surface area contributed by atoms with E-state index in [0.29, 0.717) is 31.6 Å². The lowest BCUT2D eigenvalue weighted by atomic mass is 9.72. The highest BCUT2D eigenvalue weighted by Gasteiger charge is 2.38. The lowest BCUT2D eigenvalue weighted by Crippen LogP contribution is -2.53. The fourth-order valence-corrected chi connectivity index (χ4v) is 3.59. The SMILES string of the molecule is CC(F)(F)CCC(=O)N[C@H]1Cc2cccc(C(=O)OCOC(=O)C3CCOCC3)c2OB1O. The van der Waals surface area contributed by atoms with Gasteiger partial charge in [0.05, 0.1) is 11.9 Å². The van der Waals surface area contributed by atoms with Gasteiger partial charge in [0, 0.05) is 26.1 Å². The number of benzene rings is 1. The second-order valence-electron chi connectivity index (χ2n) is 8.15. The van der Waals surface area contributed by atoms with Gasteiger partial charge in [-0.05, 0) is 37.8 Å². The van der Waals surface area contributed by atoms with Crippen molar-refractivity contribution in [2.45, 2.75) is 50.9 Å². The Kier molecular flexibility index (Phi) is 8.25. The van der Waals surface area contributed by atoms with Gasteiger partial charge >= 0.3 is 19.1 Å². The summed E-state index contributed by atoms with van der Waals surface area (Å²) in [6, 6.07) is 4.64. The van der Waals surface area contributed by atoms with E-state index in [1.165, 1.54) is 6.07 Å². The molecule has 2 N–H and O–H groups in total. The maximum absolute atomic E-state index is 13.0. The van der Waals surface area contributed by atoms with E-state index in [1.807, 2.05) is 0 Å². The quantitative estimate of drug-likeness (QED) is 0.335. The summed E-state index contributed by atoms with van der Waals surface area (Å²) < 4.78 is 46.6. The number of halogens is 2. The zero-order chi connectivity index (χ0) is 24.0. The molecule has 2 heterocycles. The first-order valence-corrected chi connectivity index (χ1v) is 10.7. The largest absolute Gasteiger partial charge is 0.547 e. The van der Waals surface area contributed by atoms with E-state index in [9.17, 15) is 28.2 Å². The smallest absolute Gasteiger partial charge is 0.534 e. The van der Waals surface area contributed by atoms with E-state index in [2.05, 4.69) is 5.32 Å². The predicted octanol–water partition coefficient (Wildman–Crippen LogP) is 1.65. The summed E-state index contributed by atoms with van der Waals surface area (Å²) >= 11 is 0. The first kappa shape index (κ1) is 24.9. The minimum absolute atomic E-state index is 0.0177. The fraction of sp³-hybridized carbons (Fsp3) is 0.571. The molecule has 2 aliphatic rings. The molecular weight excluding hydrogens is 443 g/mol. The van der Waals surface area contributed by atoms with Crippen molar-refractivity contribution in [3.05, 3.63) is 29.3 Å². The summed E-state index contributed by atoms with van der Waals surface area (Å²) in [5, 5.41) is 12.8. The molecular formula is C21H26BF2NO8. The van der Waals surface area contributed by atoms with E-state index < -0.39 is 56.5 Å². The number of rotatable bonds is 8. The number of hydrogen-bond acceptors (Lipinski definition) is 8. The molecule has 0 spiro atoms. The third-order valence-corrected chi connectivity index (χ3v) is 5.42. The number of para-hydroxylation sites is 1. The highest BCUT2D eigenvalue weighted by molar-refractivity contribution is 6.47. The number of fused-ring (bicyclic) bond motifs is 1. The number of carbonyl (C=O) groups excluding carboxylic acids is 3. The highest BCUT2D eigenvalue weighted by atomic mass is 19.3. The first-order valence-electron chi connectivity index (χ1n) is 10.7. The van der Waals surface area contributed by atoms with E-state index in [0.717, 1.165) is 6.92 Å². The molecule has 3 rings (SSSR count). The monoisotopic (exact) mass is 469 g/mol. The molecule has 33 heavy (non-hydrogen) atoms. The topological polar surface area (TPSA) is 120 Å². The Hall–Kier alpha value is -2.73. The molecule has 0 aromatic heterocycles. The lowest BCUT2D eigenvalue weighted by Gasteiger charge is -2.29. The van der Waals surface area contributed by atoms with Crippen molar-refractivity contribution >= 4 is 25.0 Å². The van der Waals surface area contributed by atoms with Crippen LogP contribution in [0.3, 0.4) is 0 Å². The minimum atomic E-state index is -2.97. The number of carbonyl (C=O) groups is 3. The Labute approximate surface area is 189 Å². The summed E-state index contributed by atoms with van der Waals surface area (Å²) in [5.41, 5.74) is 0.532. The standard InChI is InChI=1S/C21H26BF2NO8/c1-21(23,24)8-5-17(26)25-16-11-14-3-2-4-15(18(14)33-22(16)29)20(28)32-12-31-19(27)13-6-9-30-10-7-13/h2-4,13,16,29H,5-12H2,1H3,(H,25,26)/t16-/m0/s1. The van der Waals surface area contributed by atoms with Crippen LogP contribution >= 0.6 is 0 Å². The Morgan fingerprint density at radius 3 is 2.67 bits per heavy atom. The molecule has 1 atom stereocenters. The van der Waals surface area contributed by atoms with Gasteiger partial charge in [0.2, 0.25) is 18.6 Å². The Balaban J connectivity index is 1.55. The molecule has 0 saturated carbocycles. The van der Waals surface area contributed by atoms with Crippen molar-refractivity contribution < 1.29 is 47.1 Å². The second kappa shape index (κ2) is 10.9. The van der Waals surface area contributed by atoms with E-state index >= 15 is 0 Å². The lowest BCUT2D eigenvalue weighted by molar-refractivity contribution is -0.160. The van der Waals surface area contributed by atoms with Crippen molar-refractivity contribution in [2.75, 3.05) is 20.0 Å². The van der Waals surface area contributed by atoms with Crippen LogP contribution in [0.25, 0.3) is 0 Å². The van der Waals surface area contributed by atoms with E-state index in [-0.39, 0.29) is 23.7 Å². The second-order valence-corrected chi connectivity index (χ2v) is 8.15.